The van der Waals surface area contributed by atoms with Gasteiger partial charge in [0.15, 0.2) is 0 Å². The summed E-state index contributed by atoms with van der Waals surface area (Å²) in [5.41, 5.74) is -1.94. The van der Waals surface area contributed by atoms with Gasteiger partial charge in [-0.1, -0.05) is 23.7 Å². The molecule has 1 aromatic carbocycles. The third-order valence-electron chi connectivity index (χ3n) is 3.09. The van der Waals surface area contributed by atoms with E-state index in [9.17, 15) is 14.0 Å². The van der Waals surface area contributed by atoms with Crippen molar-refractivity contribution in [2.45, 2.75) is 38.8 Å². The van der Waals surface area contributed by atoms with E-state index in [1.54, 1.807) is 20.8 Å². The van der Waals surface area contributed by atoms with E-state index in [1.165, 1.54) is 32.2 Å². The molecule has 0 aliphatic rings. The average molecular weight is 316 g/mol. The summed E-state index contributed by atoms with van der Waals surface area (Å²) in [7, 11) is 1.41. The molecular weight excluding hydrogens is 297 g/mol. The van der Waals surface area contributed by atoms with E-state index >= 15 is 0 Å². The Morgan fingerprint density at radius 2 is 1.90 bits per heavy atom. The number of carbonyl (C=O) groups excluding carboxylic acids is 2. The molecule has 6 heteroatoms. The van der Waals surface area contributed by atoms with Crippen molar-refractivity contribution < 1.29 is 18.7 Å². The fourth-order valence-electron chi connectivity index (χ4n) is 1.74. The SMILES string of the molecule is CN(C(=O)OC(C)(C)C)C(C)(C=O)c1cccc(F)c1Cl. The highest BCUT2D eigenvalue weighted by atomic mass is 35.5. The van der Waals surface area contributed by atoms with Gasteiger partial charge in [0.05, 0.1) is 5.02 Å². The second-order valence-corrected chi connectivity index (χ2v) is 6.28. The number of amides is 1. The molecule has 0 radical (unpaired) electrons. The van der Waals surface area contributed by atoms with Crippen LogP contribution in [-0.4, -0.2) is 29.9 Å². The van der Waals surface area contributed by atoms with Gasteiger partial charge in [-0.25, -0.2) is 9.18 Å². The summed E-state index contributed by atoms with van der Waals surface area (Å²) in [5, 5.41) is -0.192. The van der Waals surface area contributed by atoms with Crippen LogP contribution < -0.4 is 0 Å². The summed E-state index contributed by atoms with van der Waals surface area (Å²) < 4.78 is 18.8. The molecule has 116 valence electrons. The second kappa shape index (κ2) is 6.02. The molecule has 0 aliphatic heterocycles. The lowest BCUT2D eigenvalue weighted by molar-refractivity contribution is -0.117. The molecule has 4 nitrogen and oxygen atoms in total. The van der Waals surface area contributed by atoms with Crippen LogP contribution in [0.2, 0.25) is 5.02 Å². The van der Waals surface area contributed by atoms with Gasteiger partial charge in [0.2, 0.25) is 0 Å². The van der Waals surface area contributed by atoms with E-state index in [0.717, 1.165) is 4.90 Å². The molecule has 1 rings (SSSR count). The predicted octanol–water partition coefficient (Wildman–Crippen LogP) is 3.76. The minimum Gasteiger partial charge on any atom is -0.444 e. The molecule has 0 spiro atoms. The van der Waals surface area contributed by atoms with Gasteiger partial charge >= 0.3 is 6.09 Å². The predicted molar refractivity (Wildman–Crippen MR) is 78.8 cm³/mol. The average Bonchev–Trinajstić information content (AvgIpc) is 2.38. The molecule has 1 aromatic rings. The number of carbonyl (C=O) groups is 2. The van der Waals surface area contributed by atoms with Gasteiger partial charge in [0.25, 0.3) is 0 Å². The number of halogens is 2. The van der Waals surface area contributed by atoms with Crippen molar-refractivity contribution in [3.05, 3.63) is 34.6 Å². The first-order valence-corrected chi connectivity index (χ1v) is 6.78. The normalized spacial score (nSPS) is 14.2. The highest BCUT2D eigenvalue weighted by Gasteiger charge is 2.38. The van der Waals surface area contributed by atoms with Crippen LogP contribution in [0.3, 0.4) is 0 Å². The Bertz CT molecular complexity index is 556. The smallest absolute Gasteiger partial charge is 0.411 e. The van der Waals surface area contributed by atoms with Crippen molar-refractivity contribution in [1.82, 2.24) is 4.90 Å². The molecule has 0 bridgehead atoms. The molecule has 0 saturated carbocycles. The lowest BCUT2D eigenvalue weighted by Crippen LogP contribution is -2.48. The third-order valence-corrected chi connectivity index (χ3v) is 3.47. The Labute approximate surface area is 128 Å². The zero-order chi connectivity index (χ0) is 16.4. The molecule has 0 aromatic heterocycles. The lowest BCUT2D eigenvalue weighted by atomic mass is 9.92. The largest absolute Gasteiger partial charge is 0.444 e. The number of aldehydes is 1. The number of hydrogen-bond acceptors (Lipinski definition) is 3. The van der Waals surface area contributed by atoms with Gasteiger partial charge < -0.3 is 9.53 Å². The summed E-state index contributed by atoms with van der Waals surface area (Å²) in [4.78, 5) is 24.8. The van der Waals surface area contributed by atoms with E-state index in [2.05, 4.69) is 0 Å². The van der Waals surface area contributed by atoms with E-state index < -0.39 is 23.1 Å². The van der Waals surface area contributed by atoms with Crippen LogP contribution in [0, 0.1) is 5.82 Å². The lowest BCUT2D eigenvalue weighted by Gasteiger charge is -2.36. The molecule has 0 N–H and O–H groups in total. The monoisotopic (exact) mass is 315 g/mol. The molecular formula is C15H19ClFNO3. The molecule has 1 amide bonds. The van der Waals surface area contributed by atoms with Crippen LogP contribution in [-0.2, 0) is 15.1 Å². The number of hydrogen-bond donors (Lipinski definition) is 0. The van der Waals surface area contributed by atoms with Crippen molar-refractivity contribution in [2.24, 2.45) is 0 Å². The first-order chi connectivity index (χ1) is 9.53. The Hall–Kier alpha value is -1.62. The van der Waals surface area contributed by atoms with E-state index in [-0.39, 0.29) is 10.6 Å². The maximum absolute atomic E-state index is 13.6. The zero-order valence-corrected chi connectivity index (χ0v) is 13.5. The number of ether oxygens (including phenoxy) is 1. The van der Waals surface area contributed by atoms with Gasteiger partial charge in [0.1, 0.15) is 23.2 Å². The van der Waals surface area contributed by atoms with Gasteiger partial charge in [0, 0.05) is 12.6 Å². The standard InChI is InChI=1S/C15H19ClFNO3/c1-14(2,3)21-13(20)18(5)15(4,9-19)10-7-6-8-11(17)12(10)16/h6-9H,1-5H3. The summed E-state index contributed by atoms with van der Waals surface area (Å²) in [6, 6.07) is 4.12. The van der Waals surface area contributed by atoms with E-state index in [4.69, 9.17) is 16.3 Å². The fraction of sp³-hybridized carbons (Fsp3) is 0.467. The van der Waals surface area contributed by atoms with Crippen molar-refractivity contribution in [2.75, 3.05) is 7.05 Å². The highest BCUT2D eigenvalue weighted by Crippen LogP contribution is 2.33. The van der Waals surface area contributed by atoms with E-state index in [0.29, 0.717) is 6.29 Å². The number of likely N-dealkylation sites (N-methyl/N-ethyl adjacent to an activating group) is 1. The van der Waals surface area contributed by atoms with Crippen LogP contribution in [0.5, 0.6) is 0 Å². The first kappa shape index (κ1) is 17.4. The van der Waals surface area contributed by atoms with Crippen LogP contribution in [0.1, 0.15) is 33.3 Å². The van der Waals surface area contributed by atoms with Crippen LogP contribution >= 0.6 is 11.6 Å². The summed E-state index contributed by atoms with van der Waals surface area (Å²) in [5.74, 6) is -0.653. The quantitative estimate of drug-likeness (QED) is 0.798. The molecule has 0 heterocycles. The van der Waals surface area contributed by atoms with Crippen LogP contribution in [0.25, 0.3) is 0 Å². The topological polar surface area (TPSA) is 46.6 Å². The van der Waals surface area contributed by atoms with Crippen molar-refractivity contribution in [1.29, 1.82) is 0 Å². The Balaban J connectivity index is 3.23. The minimum atomic E-state index is -1.43. The molecule has 0 aliphatic carbocycles. The number of rotatable bonds is 3. The van der Waals surface area contributed by atoms with Gasteiger partial charge in [-0.2, -0.15) is 0 Å². The van der Waals surface area contributed by atoms with Crippen molar-refractivity contribution in [3.63, 3.8) is 0 Å². The van der Waals surface area contributed by atoms with Crippen molar-refractivity contribution >= 4 is 24.0 Å². The molecule has 1 atom stereocenters. The highest BCUT2D eigenvalue weighted by molar-refractivity contribution is 6.31. The third kappa shape index (κ3) is 3.73. The Morgan fingerprint density at radius 3 is 2.38 bits per heavy atom. The Morgan fingerprint density at radius 1 is 1.33 bits per heavy atom. The van der Waals surface area contributed by atoms with Gasteiger partial charge in [-0.3, -0.25) is 4.90 Å². The number of nitrogens with zero attached hydrogens (tertiary/aromatic N) is 1. The maximum Gasteiger partial charge on any atom is 0.411 e. The second-order valence-electron chi connectivity index (χ2n) is 5.91. The first-order valence-electron chi connectivity index (χ1n) is 6.40. The molecule has 21 heavy (non-hydrogen) atoms. The van der Waals surface area contributed by atoms with Gasteiger partial charge in [-0.05, 0) is 33.8 Å². The minimum absolute atomic E-state index is 0.192. The fourth-order valence-corrected chi connectivity index (χ4v) is 2.06. The summed E-state index contributed by atoms with van der Waals surface area (Å²) >= 11 is 5.93. The summed E-state index contributed by atoms with van der Waals surface area (Å²) in [6.45, 7) is 6.62. The molecule has 0 saturated heterocycles. The molecule has 0 fully saturated rings. The van der Waals surface area contributed by atoms with Gasteiger partial charge in [-0.15, -0.1) is 0 Å². The Kier molecular flexibility index (Phi) is 4.99. The van der Waals surface area contributed by atoms with E-state index in [1.807, 2.05) is 0 Å². The van der Waals surface area contributed by atoms with Crippen LogP contribution in [0.15, 0.2) is 18.2 Å². The maximum atomic E-state index is 13.6. The molecule has 1 unspecified atom stereocenters. The van der Waals surface area contributed by atoms with Crippen LogP contribution in [0.4, 0.5) is 9.18 Å². The number of benzene rings is 1. The summed E-state index contributed by atoms with van der Waals surface area (Å²) in [6.07, 6.45) is -0.158. The zero-order valence-electron chi connectivity index (χ0n) is 12.7. The van der Waals surface area contributed by atoms with Crippen molar-refractivity contribution in [3.8, 4) is 0 Å².